The van der Waals surface area contributed by atoms with Gasteiger partial charge in [-0.05, 0) is 48.4 Å². The molecule has 0 fully saturated rings. The van der Waals surface area contributed by atoms with Crippen molar-refractivity contribution in [2.45, 2.75) is 12.8 Å². The van der Waals surface area contributed by atoms with E-state index in [1.165, 1.54) is 11.0 Å². The Kier molecular flexibility index (Phi) is 5.89. The van der Waals surface area contributed by atoms with Crippen LogP contribution in [0.5, 0.6) is 23.3 Å². The third kappa shape index (κ3) is 3.87. The van der Waals surface area contributed by atoms with E-state index >= 15 is 0 Å². The summed E-state index contributed by atoms with van der Waals surface area (Å²) in [6.45, 7) is 1.80. The van der Waals surface area contributed by atoms with Crippen molar-refractivity contribution in [2.24, 2.45) is 0 Å². The topological polar surface area (TPSA) is 124 Å². The fraction of sp³-hybridized carbons (Fsp3) is 0.125. The molecule has 0 amide bonds. The minimum atomic E-state index is -0.575. The predicted molar refractivity (Wildman–Crippen MR) is 156 cm³/mol. The van der Waals surface area contributed by atoms with Crippen LogP contribution in [0.15, 0.2) is 83.9 Å². The van der Waals surface area contributed by atoms with E-state index in [9.17, 15) is 9.59 Å². The average Bonchev–Trinajstić information content (AvgIpc) is 3.57. The number of H-pyrrole nitrogens is 2. The molecule has 0 aliphatic carbocycles. The second kappa shape index (κ2) is 9.77. The number of benzene rings is 3. The number of carbonyl (C=O) groups excluding carboxylic acids is 1. The van der Waals surface area contributed by atoms with Gasteiger partial charge in [-0.3, -0.25) is 9.59 Å². The number of ether oxygens (including phenoxy) is 3. The first-order chi connectivity index (χ1) is 20.5. The summed E-state index contributed by atoms with van der Waals surface area (Å²) in [5.41, 5.74) is 4.65. The van der Waals surface area contributed by atoms with E-state index in [0.717, 1.165) is 22.0 Å². The molecule has 208 valence electrons. The van der Waals surface area contributed by atoms with Gasteiger partial charge in [-0.2, -0.15) is 9.78 Å². The summed E-state index contributed by atoms with van der Waals surface area (Å²) in [7, 11) is 3.20. The number of hydrogen-bond acceptors (Lipinski definition) is 7. The van der Waals surface area contributed by atoms with Crippen molar-refractivity contribution in [3.05, 3.63) is 118 Å². The lowest BCUT2D eigenvalue weighted by atomic mass is 9.85. The van der Waals surface area contributed by atoms with Gasteiger partial charge in [-0.1, -0.05) is 42.5 Å². The zero-order chi connectivity index (χ0) is 29.0. The number of rotatable bonds is 5. The van der Waals surface area contributed by atoms with Crippen molar-refractivity contribution in [1.82, 2.24) is 24.7 Å². The Labute approximate surface area is 239 Å². The highest BCUT2D eigenvalue weighted by Crippen LogP contribution is 2.47. The zero-order valence-electron chi connectivity index (χ0n) is 23.0. The smallest absolute Gasteiger partial charge is 0.298 e. The van der Waals surface area contributed by atoms with Crippen LogP contribution >= 0.6 is 0 Å². The van der Waals surface area contributed by atoms with E-state index < -0.39 is 11.8 Å². The summed E-state index contributed by atoms with van der Waals surface area (Å²) in [6.07, 6.45) is 1.28. The highest BCUT2D eigenvalue weighted by Gasteiger charge is 2.39. The maximum Gasteiger partial charge on any atom is 0.298 e. The Bertz CT molecular complexity index is 2040. The highest BCUT2D eigenvalue weighted by molar-refractivity contribution is 6.11. The Hall–Kier alpha value is -5.64. The normalized spacial score (nSPS) is 13.7. The molecule has 42 heavy (non-hydrogen) atoms. The number of methoxy groups -OCH3 is 2. The number of nitrogens with zero attached hydrogens (tertiary/aromatic N) is 3. The number of hydrogen-bond donors (Lipinski definition) is 2. The maximum absolute atomic E-state index is 14.4. The molecular formula is C32H25N5O5. The largest absolute Gasteiger partial charge is 0.497 e. The van der Waals surface area contributed by atoms with Crippen LogP contribution in [0.3, 0.4) is 0 Å². The Morgan fingerprint density at radius 2 is 1.69 bits per heavy atom. The molecule has 0 radical (unpaired) electrons. The molecule has 4 heterocycles. The van der Waals surface area contributed by atoms with Crippen LogP contribution in [-0.4, -0.2) is 44.9 Å². The third-order valence-corrected chi connectivity index (χ3v) is 7.61. The number of fused-ring (bicyclic) bond motifs is 3. The van der Waals surface area contributed by atoms with Gasteiger partial charge >= 0.3 is 0 Å². The van der Waals surface area contributed by atoms with E-state index in [2.05, 4.69) is 20.1 Å². The van der Waals surface area contributed by atoms with E-state index in [-0.39, 0.29) is 17.3 Å². The summed E-state index contributed by atoms with van der Waals surface area (Å²) >= 11 is 0. The first-order valence-corrected chi connectivity index (χ1v) is 13.3. The first kappa shape index (κ1) is 25.3. The molecule has 3 aromatic carbocycles. The zero-order valence-corrected chi connectivity index (χ0v) is 23.0. The lowest BCUT2D eigenvalue weighted by Crippen LogP contribution is -2.25. The van der Waals surface area contributed by atoms with Crippen molar-refractivity contribution in [2.75, 3.05) is 14.2 Å². The van der Waals surface area contributed by atoms with E-state index in [1.807, 2.05) is 72.8 Å². The van der Waals surface area contributed by atoms with Gasteiger partial charge in [0.05, 0.1) is 43.3 Å². The van der Waals surface area contributed by atoms with E-state index in [1.54, 1.807) is 21.1 Å². The predicted octanol–water partition coefficient (Wildman–Crippen LogP) is 5.41. The van der Waals surface area contributed by atoms with Crippen molar-refractivity contribution in [3.8, 4) is 34.4 Å². The van der Waals surface area contributed by atoms with Crippen molar-refractivity contribution in [3.63, 3.8) is 0 Å². The molecule has 7 rings (SSSR count). The molecule has 1 atom stereocenters. The number of aromatic nitrogens is 5. The van der Waals surface area contributed by atoms with Gasteiger partial charge in [-0.15, -0.1) is 0 Å². The number of nitrogens with one attached hydrogen (secondary N) is 2. The number of carbonyl (C=O) groups is 1. The molecule has 0 saturated carbocycles. The number of aryl methyl sites for hydroxylation is 1. The molecule has 0 bridgehead atoms. The van der Waals surface area contributed by atoms with Crippen LogP contribution in [0.4, 0.5) is 0 Å². The highest BCUT2D eigenvalue weighted by atomic mass is 16.5. The first-order valence-electron chi connectivity index (χ1n) is 13.3. The Balaban J connectivity index is 1.44. The van der Waals surface area contributed by atoms with Crippen molar-refractivity contribution in [1.29, 1.82) is 0 Å². The Morgan fingerprint density at radius 1 is 0.952 bits per heavy atom. The van der Waals surface area contributed by atoms with Gasteiger partial charge in [0.1, 0.15) is 17.2 Å². The fourth-order valence-electron chi connectivity index (χ4n) is 5.65. The van der Waals surface area contributed by atoms with Crippen molar-refractivity contribution >= 4 is 16.8 Å². The summed E-state index contributed by atoms with van der Waals surface area (Å²) in [5, 5.41) is 5.49. The molecule has 6 aromatic rings. The average molecular weight is 560 g/mol. The molecule has 1 aliphatic rings. The molecule has 1 aliphatic heterocycles. The standard InChI is InChI=1S/C32H25N5O5/c1-17-24-26(19-9-11-20(40-2)12-10-19)27-29(38)33-16-34-30(27)42-32(24)37(36-17)31(39)28-25(18-7-5-4-6-8-18)22-15-21(41-3)13-14-23(22)35-28/h4-16,26,35H,1-3H3,(H,33,34,38). The summed E-state index contributed by atoms with van der Waals surface area (Å²) in [6, 6.07) is 22.7. The molecule has 2 N–H and O–H groups in total. The minimum absolute atomic E-state index is 0.116. The van der Waals surface area contributed by atoms with Gasteiger partial charge in [-0.25, -0.2) is 4.98 Å². The molecule has 10 heteroatoms. The molecule has 1 unspecified atom stereocenters. The molecule has 0 spiro atoms. The number of aromatic amines is 2. The molecule has 0 saturated heterocycles. The van der Waals surface area contributed by atoms with Gasteiger partial charge in [0.2, 0.25) is 11.8 Å². The van der Waals surface area contributed by atoms with Crippen LogP contribution in [0.25, 0.3) is 22.0 Å². The summed E-state index contributed by atoms with van der Waals surface area (Å²) in [5.74, 6) is 0.676. The van der Waals surface area contributed by atoms with Gasteiger partial charge in [0, 0.05) is 16.5 Å². The van der Waals surface area contributed by atoms with E-state index in [4.69, 9.17) is 14.2 Å². The molecular weight excluding hydrogens is 534 g/mol. The maximum atomic E-state index is 14.4. The lowest BCUT2D eigenvalue weighted by Gasteiger charge is -2.25. The van der Waals surface area contributed by atoms with Crippen LogP contribution in [0.1, 0.15) is 38.8 Å². The Morgan fingerprint density at radius 3 is 2.43 bits per heavy atom. The SMILES string of the molecule is COc1ccc(C2c3c(C)nn(C(=O)c4[nH]c5ccc(OC)cc5c4-c4ccccc4)c3Oc3nc[nH]c(=O)c32)cc1. The molecule has 10 nitrogen and oxygen atoms in total. The molecule has 3 aromatic heterocycles. The van der Waals surface area contributed by atoms with Crippen LogP contribution < -0.4 is 19.8 Å². The minimum Gasteiger partial charge on any atom is -0.497 e. The van der Waals surface area contributed by atoms with Crippen LogP contribution in [0, 0.1) is 6.92 Å². The summed E-state index contributed by atoms with van der Waals surface area (Å²) < 4.78 is 18.3. The quantitative estimate of drug-likeness (QED) is 0.289. The second-order valence-corrected chi connectivity index (χ2v) is 9.93. The lowest BCUT2D eigenvalue weighted by molar-refractivity contribution is 0.0931. The van der Waals surface area contributed by atoms with E-state index in [0.29, 0.717) is 39.6 Å². The van der Waals surface area contributed by atoms with Crippen LogP contribution in [-0.2, 0) is 0 Å². The van der Waals surface area contributed by atoms with Gasteiger partial charge < -0.3 is 24.2 Å². The second-order valence-electron chi connectivity index (χ2n) is 9.93. The van der Waals surface area contributed by atoms with Crippen molar-refractivity contribution < 1.29 is 19.0 Å². The van der Waals surface area contributed by atoms with Gasteiger partial charge in [0.25, 0.3) is 11.5 Å². The summed E-state index contributed by atoms with van der Waals surface area (Å²) in [4.78, 5) is 37.8. The third-order valence-electron chi connectivity index (χ3n) is 7.61. The van der Waals surface area contributed by atoms with Gasteiger partial charge in [0.15, 0.2) is 0 Å². The fourth-order valence-corrected chi connectivity index (χ4v) is 5.65. The van der Waals surface area contributed by atoms with Crippen LogP contribution in [0.2, 0.25) is 0 Å². The monoisotopic (exact) mass is 559 g/mol.